The summed E-state index contributed by atoms with van der Waals surface area (Å²) in [4.78, 5) is 27.5. The van der Waals surface area contributed by atoms with Crippen molar-refractivity contribution >= 4 is 13.8 Å². The number of hydrogen-bond acceptors (Lipinski definition) is 4. The normalized spacial score (nSPS) is 27.6. The van der Waals surface area contributed by atoms with Gasteiger partial charge in [0.05, 0.1) is 6.16 Å². The SMILES string of the molecule is O=C(O)OC1CC(CP(=O)(O)O)CN1. The summed E-state index contributed by atoms with van der Waals surface area (Å²) in [5.74, 6) is -0.236. The van der Waals surface area contributed by atoms with E-state index in [0.29, 0.717) is 13.0 Å². The van der Waals surface area contributed by atoms with Crippen LogP contribution in [0.4, 0.5) is 4.79 Å². The molecule has 2 atom stereocenters. The van der Waals surface area contributed by atoms with E-state index in [1.54, 1.807) is 0 Å². The zero-order valence-corrected chi connectivity index (χ0v) is 8.18. The Balaban J connectivity index is 2.34. The Hall–Kier alpha value is -0.620. The number of carbonyl (C=O) groups is 1. The molecule has 1 rings (SSSR count). The first-order valence-corrected chi connectivity index (χ1v) is 5.84. The molecule has 14 heavy (non-hydrogen) atoms. The van der Waals surface area contributed by atoms with E-state index >= 15 is 0 Å². The van der Waals surface area contributed by atoms with Crippen LogP contribution in [0.2, 0.25) is 0 Å². The summed E-state index contributed by atoms with van der Waals surface area (Å²) < 4.78 is 15.0. The van der Waals surface area contributed by atoms with Crippen LogP contribution in [-0.4, -0.2) is 40.0 Å². The molecule has 1 heterocycles. The van der Waals surface area contributed by atoms with E-state index in [-0.39, 0.29) is 12.1 Å². The van der Waals surface area contributed by atoms with Crippen LogP contribution in [0, 0.1) is 5.92 Å². The van der Waals surface area contributed by atoms with Crippen LogP contribution in [0.3, 0.4) is 0 Å². The van der Waals surface area contributed by atoms with Gasteiger partial charge < -0.3 is 19.6 Å². The minimum atomic E-state index is -4.02. The van der Waals surface area contributed by atoms with Gasteiger partial charge in [0.25, 0.3) is 0 Å². The van der Waals surface area contributed by atoms with Crippen LogP contribution in [0.5, 0.6) is 0 Å². The molecule has 82 valence electrons. The van der Waals surface area contributed by atoms with Gasteiger partial charge in [0, 0.05) is 13.0 Å². The van der Waals surface area contributed by atoms with Crippen LogP contribution in [0.1, 0.15) is 6.42 Å². The molecule has 0 bridgehead atoms. The molecule has 0 amide bonds. The summed E-state index contributed by atoms with van der Waals surface area (Å²) in [5, 5.41) is 11.0. The highest BCUT2D eigenvalue weighted by Crippen LogP contribution is 2.38. The summed E-state index contributed by atoms with van der Waals surface area (Å²) in [5.41, 5.74) is 0. The third-order valence-corrected chi connectivity index (χ3v) is 2.91. The van der Waals surface area contributed by atoms with Crippen molar-refractivity contribution in [3.8, 4) is 0 Å². The Morgan fingerprint density at radius 1 is 1.57 bits per heavy atom. The van der Waals surface area contributed by atoms with Gasteiger partial charge in [0.2, 0.25) is 0 Å². The Bertz CT molecular complexity index is 263. The Morgan fingerprint density at radius 2 is 2.21 bits per heavy atom. The molecule has 1 aliphatic rings. The molecule has 1 fully saturated rings. The standard InChI is InChI=1S/C6H12NO6P/c8-6(9)13-5-1-4(2-7-5)3-14(10,11)12/h4-5,7H,1-3H2,(H,8,9)(H2,10,11,12). The lowest BCUT2D eigenvalue weighted by atomic mass is 10.1. The smallest absolute Gasteiger partial charge is 0.450 e. The molecule has 4 N–H and O–H groups in total. The summed E-state index contributed by atoms with van der Waals surface area (Å²) in [7, 11) is -4.02. The van der Waals surface area contributed by atoms with Crippen LogP contribution in [0.25, 0.3) is 0 Å². The molecule has 2 unspecified atom stereocenters. The predicted octanol–water partition coefficient (Wildman–Crippen LogP) is -0.206. The molecule has 0 aromatic rings. The molecule has 0 aromatic carbocycles. The number of carboxylic acid groups (broad SMARTS) is 1. The lowest BCUT2D eigenvalue weighted by Gasteiger charge is -2.10. The van der Waals surface area contributed by atoms with Gasteiger partial charge >= 0.3 is 13.8 Å². The Labute approximate surface area is 80.2 Å². The number of ether oxygens (including phenoxy) is 1. The molecule has 1 saturated heterocycles. The second-order valence-electron chi connectivity index (χ2n) is 3.23. The first kappa shape index (κ1) is 11.5. The van der Waals surface area contributed by atoms with Crippen LogP contribution < -0.4 is 5.32 Å². The lowest BCUT2D eigenvalue weighted by molar-refractivity contribution is 0.0446. The van der Waals surface area contributed by atoms with Crippen LogP contribution in [0.15, 0.2) is 0 Å². The maximum atomic E-state index is 10.6. The molecule has 0 saturated carbocycles. The average molecular weight is 225 g/mol. The summed E-state index contributed by atoms with van der Waals surface area (Å²) in [6, 6.07) is 0. The Kier molecular flexibility index (Phi) is 3.49. The van der Waals surface area contributed by atoms with E-state index in [9.17, 15) is 9.36 Å². The van der Waals surface area contributed by atoms with Gasteiger partial charge in [-0.15, -0.1) is 0 Å². The largest absolute Gasteiger partial charge is 0.507 e. The van der Waals surface area contributed by atoms with Gasteiger partial charge in [-0.3, -0.25) is 9.88 Å². The minimum absolute atomic E-state index is 0.236. The summed E-state index contributed by atoms with van der Waals surface area (Å²) in [6.07, 6.45) is -1.97. The zero-order valence-electron chi connectivity index (χ0n) is 7.29. The van der Waals surface area contributed by atoms with Crippen LogP contribution >= 0.6 is 7.60 Å². The topological polar surface area (TPSA) is 116 Å². The van der Waals surface area contributed by atoms with Crippen LogP contribution in [-0.2, 0) is 9.30 Å². The molecule has 0 aromatic heterocycles. The van der Waals surface area contributed by atoms with Crippen molar-refractivity contribution in [2.75, 3.05) is 12.7 Å². The molecule has 7 nitrogen and oxygen atoms in total. The maximum Gasteiger partial charge on any atom is 0.507 e. The summed E-state index contributed by atoms with van der Waals surface area (Å²) >= 11 is 0. The van der Waals surface area contributed by atoms with E-state index in [1.165, 1.54) is 0 Å². The van der Waals surface area contributed by atoms with Crippen molar-refractivity contribution < 1.29 is 29.0 Å². The van der Waals surface area contributed by atoms with Crippen molar-refractivity contribution in [1.82, 2.24) is 5.32 Å². The van der Waals surface area contributed by atoms with Gasteiger partial charge in [-0.25, -0.2) is 4.79 Å². The average Bonchev–Trinajstić information content (AvgIpc) is 2.30. The van der Waals surface area contributed by atoms with E-state index in [4.69, 9.17) is 14.9 Å². The maximum absolute atomic E-state index is 10.6. The van der Waals surface area contributed by atoms with E-state index in [1.807, 2.05) is 0 Å². The monoisotopic (exact) mass is 225 g/mol. The quantitative estimate of drug-likeness (QED) is 0.388. The first-order chi connectivity index (χ1) is 6.37. The van der Waals surface area contributed by atoms with Crippen molar-refractivity contribution in [3.63, 3.8) is 0 Å². The summed E-state index contributed by atoms with van der Waals surface area (Å²) in [6.45, 7) is 0.364. The molecule has 8 heteroatoms. The second-order valence-corrected chi connectivity index (χ2v) is 4.92. The lowest BCUT2D eigenvalue weighted by Crippen LogP contribution is -2.26. The van der Waals surface area contributed by atoms with Gasteiger partial charge in [0.15, 0.2) is 6.23 Å². The Morgan fingerprint density at radius 3 is 2.71 bits per heavy atom. The highest BCUT2D eigenvalue weighted by Gasteiger charge is 2.31. The highest BCUT2D eigenvalue weighted by atomic mass is 31.2. The van der Waals surface area contributed by atoms with Gasteiger partial charge in [0.1, 0.15) is 0 Å². The highest BCUT2D eigenvalue weighted by molar-refractivity contribution is 7.51. The fraction of sp³-hybridized carbons (Fsp3) is 0.833. The number of hydrogen-bond donors (Lipinski definition) is 4. The third-order valence-electron chi connectivity index (χ3n) is 1.92. The van der Waals surface area contributed by atoms with Crippen molar-refractivity contribution in [1.29, 1.82) is 0 Å². The van der Waals surface area contributed by atoms with Gasteiger partial charge in [-0.05, 0) is 5.92 Å². The first-order valence-electron chi connectivity index (χ1n) is 4.04. The molecule has 0 radical (unpaired) electrons. The predicted molar refractivity (Wildman–Crippen MR) is 45.9 cm³/mol. The fourth-order valence-electron chi connectivity index (χ4n) is 1.45. The van der Waals surface area contributed by atoms with Crippen molar-refractivity contribution in [2.45, 2.75) is 12.6 Å². The zero-order chi connectivity index (χ0) is 10.8. The van der Waals surface area contributed by atoms with Crippen molar-refractivity contribution in [2.24, 2.45) is 5.92 Å². The number of nitrogens with one attached hydrogen (secondary N) is 1. The molecule has 0 spiro atoms. The molecular weight excluding hydrogens is 213 g/mol. The fourth-order valence-corrected chi connectivity index (χ4v) is 2.41. The minimum Gasteiger partial charge on any atom is -0.450 e. The van der Waals surface area contributed by atoms with Gasteiger partial charge in [-0.2, -0.15) is 0 Å². The van der Waals surface area contributed by atoms with Crippen molar-refractivity contribution in [3.05, 3.63) is 0 Å². The molecule has 1 aliphatic heterocycles. The van der Waals surface area contributed by atoms with E-state index in [0.717, 1.165) is 0 Å². The van der Waals surface area contributed by atoms with E-state index in [2.05, 4.69) is 10.1 Å². The van der Waals surface area contributed by atoms with Gasteiger partial charge in [-0.1, -0.05) is 0 Å². The second kappa shape index (κ2) is 4.27. The third kappa shape index (κ3) is 4.06. The molecule has 0 aliphatic carbocycles. The van der Waals surface area contributed by atoms with E-state index < -0.39 is 20.0 Å². The molecular formula is C6H12NO6P. The number of rotatable bonds is 3.